The molecule has 0 saturated carbocycles. The van der Waals surface area contributed by atoms with Crippen LogP contribution in [0, 0.1) is 40.4 Å². The molecule has 2 aromatic heterocycles. The number of hydrogen-bond donors (Lipinski definition) is 3. The fourth-order valence-electron chi connectivity index (χ4n) is 8.10. The highest BCUT2D eigenvalue weighted by molar-refractivity contribution is 7.07. The van der Waals surface area contributed by atoms with Crippen LogP contribution in [0.3, 0.4) is 0 Å². The molecule has 3 N–H and O–H groups in total. The molecule has 308 valence electrons. The van der Waals surface area contributed by atoms with E-state index >= 15 is 8.78 Å². The largest absolute Gasteiger partial charge is 0.481 e. The Morgan fingerprint density at radius 3 is 2.25 bits per heavy atom. The van der Waals surface area contributed by atoms with Gasteiger partial charge in [0.15, 0.2) is 23.3 Å². The van der Waals surface area contributed by atoms with E-state index in [-0.39, 0.29) is 48.6 Å². The van der Waals surface area contributed by atoms with Gasteiger partial charge in [-0.1, -0.05) is 6.07 Å². The SMILES string of the molecule is CC1(Cc2c(F)c(F)c(F)c(F)c2F)\C(=C/C=C(C#N)/C=C/C2[NH+](CCC(=O)O)c3ccc(C(F)(F)F)cc3C2(C)Cc2cscn2)N(CCC(=O)O)c2ncccc21. The minimum absolute atomic E-state index is 0.0368. The fourth-order valence-corrected chi connectivity index (χ4v) is 8.66. The van der Waals surface area contributed by atoms with Crippen molar-refractivity contribution in [2.24, 2.45) is 0 Å². The number of allylic oxidation sites excluding steroid dienone is 5. The summed E-state index contributed by atoms with van der Waals surface area (Å²) < 4.78 is 115. The Hall–Kier alpha value is -5.93. The van der Waals surface area contributed by atoms with Gasteiger partial charge in [0.1, 0.15) is 17.5 Å². The van der Waals surface area contributed by atoms with E-state index in [0.29, 0.717) is 21.8 Å². The predicted octanol–water partition coefficient (Wildman–Crippen LogP) is 7.51. The third kappa shape index (κ3) is 8.08. The number of quaternary nitrogens is 1. The zero-order chi connectivity index (χ0) is 43.0. The second-order valence-electron chi connectivity index (χ2n) is 14.6. The van der Waals surface area contributed by atoms with E-state index in [0.717, 1.165) is 12.1 Å². The Kier molecular flexibility index (Phi) is 11.8. The molecule has 59 heavy (non-hydrogen) atoms. The smallest absolute Gasteiger partial charge is 0.416 e. The Bertz CT molecular complexity index is 2420. The summed E-state index contributed by atoms with van der Waals surface area (Å²) in [5, 5.41) is 31.3. The van der Waals surface area contributed by atoms with Crippen LogP contribution in [0.2, 0.25) is 0 Å². The highest BCUT2D eigenvalue weighted by Gasteiger charge is 2.52. The first-order valence-electron chi connectivity index (χ1n) is 17.9. The number of aromatic nitrogens is 2. The maximum atomic E-state index is 15.2. The minimum atomic E-state index is -4.69. The van der Waals surface area contributed by atoms with E-state index in [1.165, 1.54) is 65.8 Å². The molecule has 18 heteroatoms. The second-order valence-corrected chi connectivity index (χ2v) is 15.3. The number of anilines is 1. The summed E-state index contributed by atoms with van der Waals surface area (Å²) >= 11 is 1.28. The number of carboxylic acid groups (broad SMARTS) is 2. The number of nitrogens with zero attached hydrogens (tertiary/aromatic N) is 4. The quantitative estimate of drug-likeness (QED) is 0.0415. The summed E-state index contributed by atoms with van der Waals surface area (Å²) in [6.45, 7) is 2.90. The third-order valence-corrected chi connectivity index (χ3v) is 11.5. The molecule has 0 radical (unpaired) electrons. The third-order valence-electron chi connectivity index (χ3n) is 10.9. The highest BCUT2D eigenvalue weighted by atomic mass is 32.1. The van der Waals surface area contributed by atoms with Gasteiger partial charge < -0.3 is 15.1 Å². The lowest BCUT2D eigenvalue weighted by molar-refractivity contribution is -0.850. The van der Waals surface area contributed by atoms with Crippen LogP contribution in [0.15, 0.2) is 83.0 Å². The molecular formula is C41H34F8N5O4S+. The van der Waals surface area contributed by atoms with Crippen LogP contribution in [0.25, 0.3) is 0 Å². The number of nitrogens with one attached hydrogen (secondary N) is 1. The van der Waals surface area contributed by atoms with Crippen LogP contribution in [0.4, 0.5) is 46.6 Å². The average molecular weight is 845 g/mol. The number of carboxylic acids is 2. The first-order valence-corrected chi connectivity index (χ1v) is 18.9. The molecule has 0 aliphatic carbocycles. The maximum Gasteiger partial charge on any atom is 0.416 e. The van der Waals surface area contributed by atoms with Gasteiger partial charge in [-0.3, -0.25) is 14.5 Å². The number of fused-ring (bicyclic) bond motifs is 2. The van der Waals surface area contributed by atoms with E-state index < -0.39 is 88.0 Å². The molecule has 0 spiro atoms. The molecule has 0 bridgehead atoms. The van der Waals surface area contributed by atoms with Gasteiger partial charge in [0, 0.05) is 52.3 Å². The van der Waals surface area contributed by atoms with Crippen molar-refractivity contribution >= 4 is 34.8 Å². The van der Waals surface area contributed by atoms with Crippen molar-refractivity contribution in [3.8, 4) is 6.07 Å². The first kappa shape index (κ1) is 42.7. The zero-order valence-electron chi connectivity index (χ0n) is 31.2. The summed E-state index contributed by atoms with van der Waals surface area (Å²) in [5.41, 5.74) is -1.58. The van der Waals surface area contributed by atoms with Crippen molar-refractivity contribution in [2.75, 3.05) is 18.0 Å². The van der Waals surface area contributed by atoms with Gasteiger partial charge in [-0.05, 0) is 68.8 Å². The number of benzene rings is 2. The lowest BCUT2D eigenvalue weighted by Gasteiger charge is -2.31. The fraction of sp³-hybridized carbons (Fsp3) is 0.293. The van der Waals surface area contributed by atoms with Gasteiger partial charge in [0.25, 0.3) is 0 Å². The average Bonchev–Trinajstić information content (AvgIpc) is 3.85. The van der Waals surface area contributed by atoms with Crippen LogP contribution < -0.4 is 9.80 Å². The number of pyridine rings is 1. The van der Waals surface area contributed by atoms with Crippen molar-refractivity contribution in [3.05, 3.63) is 140 Å². The first-order chi connectivity index (χ1) is 27.8. The monoisotopic (exact) mass is 844 g/mol. The van der Waals surface area contributed by atoms with Crippen molar-refractivity contribution in [2.45, 2.75) is 62.6 Å². The molecule has 4 atom stereocenters. The molecule has 4 aromatic rings. The summed E-state index contributed by atoms with van der Waals surface area (Å²) in [6.07, 6.45) is 0.825. The Morgan fingerprint density at radius 2 is 1.64 bits per heavy atom. The molecule has 6 rings (SSSR count). The lowest BCUT2D eigenvalue weighted by atomic mass is 9.74. The lowest BCUT2D eigenvalue weighted by Crippen LogP contribution is -3.11. The summed E-state index contributed by atoms with van der Waals surface area (Å²) in [4.78, 5) is 34.1. The Labute approximate surface area is 335 Å². The van der Waals surface area contributed by atoms with Crippen LogP contribution in [0.5, 0.6) is 0 Å². The number of hydrogen-bond acceptors (Lipinski definition) is 7. The number of thiazole rings is 1. The number of alkyl halides is 3. The number of halogens is 8. The molecule has 4 heterocycles. The van der Waals surface area contributed by atoms with Crippen LogP contribution >= 0.6 is 11.3 Å². The minimum Gasteiger partial charge on any atom is -0.481 e. The van der Waals surface area contributed by atoms with E-state index in [2.05, 4.69) is 9.97 Å². The topological polar surface area (TPSA) is 132 Å². The molecular weight excluding hydrogens is 811 g/mol. The molecule has 2 aromatic carbocycles. The van der Waals surface area contributed by atoms with Gasteiger partial charge in [0.05, 0.1) is 53.2 Å². The second kappa shape index (κ2) is 16.4. The highest BCUT2D eigenvalue weighted by Crippen LogP contribution is 2.50. The van der Waals surface area contributed by atoms with Crippen molar-refractivity contribution < 1.29 is 59.8 Å². The van der Waals surface area contributed by atoms with Gasteiger partial charge in [-0.2, -0.15) is 18.4 Å². The van der Waals surface area contributed by atoms with Crippen molar-refractivity contribution in [3.63, 3.8) is 0 Å². The molecule has 0 saturated heterocycles. The Morgan fingerprint density at radius 1 is 0.966 bits per heavy atom. The van der Waals surface area contributed by atoms with Crippen molar-refractivity contribution in [1.29, 1.82) is 5.26 Å². The molecule has 9 nitrogen and oxygen atoms in total. The number of carbonyl (C=O) groups is 2. The summed E-state index contributed by atoms with van der Waals surface area (Å²) in [5.74, 6) is -13.0. The molecule has 2 aliphatic heterocycles. The van der Waals surface area contributed by atoms with Gasteiger partial charge in [0.2, 0.25) is 5.82 Å². The molecule has 0 fully saturated rings. The maximum absolute atomic E-state index is 15.2. The standard InChI is InChI=1S/C41H33F8N5O4S/c1-39(17-24-20-59-21-52-24)27-16-23(41(47,48)49)7-8-28(27)53(14-11-31(55)56)29(39)9-5-22(19-50)6-10-30-40(2,18-25-33(42)35(44)37(46)36(45)34(25)43)26-4-3-13-51-38(26)54(30)15-12-32(57)58/h3-10,13,16,20-21,29H,11-12,14-15,17-18H2,1-2H3,(H,55,56)(H,57,58)/p+1/b9-5+,22-6-,30-10+. The van der Waals surface area contributed by atoms with Gasteiger partial charge in [-0.25, -0.2) is 31.9 Å². The summed E-state index contributed by atoms with van der Waals surface area (Å²) in [7, 11) is 0. The number of nitriles is 1. The molecule has 0 amide bonds. The number of rotatable bonds is 13. The predicted molar refractivity (Wildman–Crippen MR) is 198 cm³/mol. The van der Waals surface area contributed by atoms with E-state index in [1.807, 2.05) is 6.07 Å². The van der Waals surface area contributed by atoms with Crippen LogP contribution in [-0.4, -0.2) is 51.3 Å². The normalized spacial score (nSPS) is 22.2. The van der Waals surface area contributed by atoms with Gasteiger partial charge in [-0.15, -0.1) is 11.3 Å². The van der Waals surface area contributed by atoms with E-state index in [1.54, 1.807) is 23.9 Å². The van der Waals surface area contributed by atoms with E-state index in [9.17, 15) is 51.4 Å². The Balaban J connectivity index is 1.48. The van der Waals surface area contributed by atoms with Crippen LogP contribution in [0.1, 0.15) is 54.6 Å². The van der Waals surface area contributed by atoms with Gasteiger partial charge >= 0.3 is 18.1 Å². The summed E-state index contributed by atoms with van der Waals surface area (Å²) in [6, 6.07) is 7.54. The van der Waals surface area contributed by atoms with Crippen molar-refractivity contribution in [1.82, 2.24) is 9.97 Å². The molecule has 4 unspecified atom stereocenters. The van der Waals surface area contributed by atoms with Crippen LogP contribution in [-0.2, 0) is 39.4 Å². The molecule has 2 aliphatic rings. The van der Waals surface area contributed by atoms with E-state index in [4.69, 9.17) is 0 Å². The zero-order valence-corrected chi connectivity index (χ0v) is 32.0. The number of aliphatic carboxylic acids is 2.